The minimum Gasteiger partial charge on any atom is -0.314 e. The summed E-state index contributed by atoms with van der Waals surface area (Å²) in [5, 5.41) is 3.62. The molecule has 1 aliphatic heterocycles. The van der Waals surface area contributed by atoms with E-state index in [0.29, 0.717) is 0 Å². The Balaban J connectivity index is 1.60. The Morgan fingerprint density at radius 1 is 1.14 bits per heavy atom. The first-order valence-corrected chi connectivity index (χ1v) is 6.30. The van der Waals surface area contributed by atoms with Crippen molar-refractivity contribution in [2.75, 3.05) is 20.1 Å². The number of rotatable bonds is 4. The Labute approximate surface area is 88.1 Å². The van der Waals surface area contributed by atoms with Crippen LogP contribution in [-0.2, 0) is 0 Å². The van der Waals surface area contributed by atoms with Gasteiger partial charge in [0.2, 0.25) is 0 Å². The van der Waals surface area contributed by atoms with Gasteiger partial charge in [0.1, 0.15) is 0 Å². The molecule has 0 aromatic rings. The van der Waals surface area contributed by atoms with Crippen molar-refractivity contribution < 1.29 is 0 Å². The lowest BCUT2D eigenvalue weighted by Crippen LogP contribution is -2.41. The topological polar surface area (TPSA) is 15.3 Å². The molecule has 1 aliphatic carbocycles. The third-order valence-electron chi connectivity index (χ3n) is 3.94. The quantitative estimate of drug-likeness (QED) is 0.740. The van der Waals surface area contributed by atoms with E-state index in [0.717, 1.165) is 12.1 Å². The lowest BCUT2D eigenvalue weighted by Gasteiger charge is -2.36. The Morgan fingerprint density at radius 3 is 2.57 bits per heavy atom. The monoisotopic (exact) mass is 196 g/mol. The molecule has 14 heavy (non-hydrogen) atoms. The van der Waals surface area contributed by atoms with Gasteiger partial charge in [0, 0.05) is 12.1 Å². The maximum absolute atomic E-state index is 3.62. The Kier molecular flexibility index (Phi) is 3.82. The van der Waals surface area contributed by atoms with Gasteiger partial charge in [-0.05, 0) is 52.2 Å². The predicted octanol–water partition coefficient (Wildman–Crippen LogP) is 2.00. The van der Waals surface area contributed by atoms with E-state index in [1.807, 2.05) is 0 Å². The van der Waals surface area contributed by atoms with Gasteiger partial charge < -0.3 is 10.2 Å². The molecule has 2 aliphatic rings. The van der Waals surface area contributed by atoms with Gasteiger partial charge in [0.15, 0.2) is 0 Å². The second-order valence-electron chi connectivity index (χ2n) is 5.00. The van der Waals surface area contributed by atoms with Gasteiger partial charge in [-0.2, -0.15) is 0 Å². The van der Waals surface area contributed by atoms with Crippen LogP contribution in [0.1, 0.15) is 44.9 Å². The molecule has 1 heterocycles. The van der Waals surface area contributed by atoms with Crippen molar-refractivity contribution in [3.8, 4) is 0 Å². The van der Waals surface area contributed by atoms with E-state index >= 15 is 0 Å². The van der Waals surface area contributed by atoms with E-state index in [9.17, 15) is 0 Å². The molecule has 82 valence electrons. The molecule has 1 saturated heterocycles. The molecule has 2 heteroatoms. The van der Waals surface area contributed by atoms with Crippen LogP contribution in [0.3, 0.4) is 0 Å². The molecule has 1 saturated carbocycles. The van der Waals surface area contributed by atoms with E-state index in [2.05, 4.69) is 17.3 Å². The maximum Gasteiger partial charge on any atom is 0.00922 e. The fourth-order valence-corrected chi connectivity index (χ4v) is 2.54. The lowest BCUT2D eigenvalue weighted by atomic mass is 9.91. The van der Waals surface area contributed by atoms with Gasteiger partial charge in [-0.15, -0.1) is 0 Å². The summed E-state index contributed by atoms with van der Waals surface area (Å²) < 4.78 is 0. The van der Waals surface area contributed by atoms with Crippen molar-refractivity contribution in [1.82, 2.24) is 10.2 Å². The van der Waals surface area contributed by atoms with Gasteiger partial charge in [-0.25, -0.2) is 0 Å². The summed E-state index contributed by atoms with van der Waals surface area (Å²) in [5.41, 5.74) is 0. The number of piperidine rings is 1. The van der Waals surface area contributed by atoms with Crippen LogP contribution in [0, 0.1) is 0 Å². The molecular weight excluding hydrogens is 172 g/mol. The largest absolute Gasteiger partial charge is 0.314 e. The smallest absolute Gasteiger partial charge is 0.00922 e. The standard InChI is InChI=1S/C12H24N2/c1-14(12-6-4-7-12)10-8-11-5-2-3-9-13-11/h11-13H,2-10H2,1H3. The SMILES string of the molecule is CN(CCC1CCCCN1)C1CCC1. The zero-order chi connectivity index (χ0) is 9.80. The molecule has 2 rings (SSSR count). The zero-order valence-electron chi connectivity index (χ0n) is 9.47. The summed E-state index contributed by atoms with van der Waals surface area (Å²) in [5.74, 6) is 0. The van der Waals surface area contributed by atoms with Crippen LogP contribution in [-0.4, -0.2) is 37.1 Å². The highest BCUT2D eigenvalue weighted by Crippen LogP contribution is 2.23. The van der Waals surface area contributed by atoms with Crippen molar-refractivity contribution >= 4 is 0 Å². The van der Waals surface area contributed by atoms with Gasteiger partial charge in [0.25, 0.3) is 0 Å². The predicted molar refractivity (Wildman–Crippen MR) is 60.5 cm³/mol. The van der Waals surface area contributed by atoms with Crippen LogP contribution < -0.4 is 5.32 Å². The molecule has 0 spiro atoms. The van der Waals surface area contributed by atoms with E-state index < -0.39 is 0 Å². The highest BCUT2D eigenvalue weighted by Gasteiger charge is 2.22. The third kappa shape index (κ3) is 2.71. The third-order valence-corrected chi connectivity index (χ3v) is 3.94. The minimum absolute atomic E-state index is 0.811. The van der Waals surface area contributed by atoms with Crippen LogP contribution in [0.2, 0.25) is 0 Å². The highest BCUT2D eigenvalue weighted by atomic mass is 15.1. The first-order chi connectivity index (χ1) is 6.86. The Bertz CT molecular complexity index is 158. The summed E-state index contributed by atoms with van der Waals surface area (Å²) in [6, 6.07) is 1.73. The average Bonchev–Trinajstić information content (AvgIpc) is 2.14. The molecule has 2 nitrogen and oxygen atoms in total. The fraction of sp³-hybridized carbons (Fsp3) is 1.00. The second kappa shape index (κ2) is 5.13. The van der Waals surface area contributed by atoms with Crippen molar-refractivity contribution in [3.05, 3.63) is 0 Å². The molecular formula is C12H24N2. The van der Waals surface area contributed by atoms with Crippen molar-refractivity contribution in [3.63, 3.8) is 0 Å². The molecule has 0 amide bonds. The Hall–Kier alpha value is -0.0800. The van der Waals surface area contributed by atoms with E-state index in [4.69, 9.17) is 0 Å². The maximum atomic E-state index is 3.62. The lowest BCUT2D eigenvalue weighted by molar-refractivity contribution is 0.151. The second-order valence-corrected chi connectivity index (χ2v) is 5.00. The van der Waals surface area contributed by atoms with E-state index in [1.165, 1.54) is 58.0 Å². The van der Waals surface area contributed by atoms with Gasteiger partial charge in [-0.3, -0.25) is 0 Å². The number of nitrogens with zero attached hydrogens (tertiary/aromatic N) is 1. The zero-order valence-corrected chi connectivity index (χ0v) is 9.47. The molecule has 1 atom stereocenters. The first kappa shape index (κ1) is 10.4. The van der Waals surface area contributed by atoms with Crippen LogP contribution in [0.15, 0.2) is 0 Å². The van der Waals surface area contributed by atoms with Gasteiger partial charge >= 0.3 is 0 Å². The van der Waals surface area contributed by atoms with Crippen LogP contribution in [0.25, 0.3) is 0 Å². The molecule has 0 aromatic heterocycles. The summed E-state index contributed by atoms with van der Waals surface area (Å²) in [6.45, 7) is 2.54. The first-order valence-electron chi connectivity index (χ1n) is 6.30. The minimum atomic E-state index is 0.811. The van der Waals surface area contributed by atoms with Gasteiger partial charge in [0.05, 0.1) is 0 Å². The average molecular weight is 196 g/mol. The van der Waals surface area contributed by atoms with E-state index in [1.54, 1.807) is 0 Å². The molecule has 1 N–H and O–H groups in total. The molecule has 0 radical (unpaired) electrons. The highest BCUT2D eigenvalue weighted by molar-refractivity contribution is 4.80. The summed E-state index contributed by atoms with van der Waals surface area (Å²) >= 11 is 0. The molecule has 2 fully saturated rings. The van der Waals surface area contributed by atoms with Crippen molar-refractivity contribution in [2.24, 2.45) is 0 Å². The molecule has 1 unspecified atom stereocenters. The van der Waals surface area contributed by atoms with Crippen molar-refractivity contribution in [1.29, 1.82) is 0 Å². The summed E-state index contributed by atoms with van der Waals surface area (Å²) in [4.78, 5) is 2.57. The van der Waals surface area contributed by atoms with Crippen LogP contribution in [0.4, 0.5) is 0 Å². The number of hydrogen-bond donors (Lipinski definition) is 1. The molecule has 0 bridgehead atoms. The van der Waals surface area contributed by atoms with E-state index in [-0.39, 0.29) is 0 Å². The number of hydrogen-bond acceptors (Lipinski definition) is 2. The Morgan fingerprint density at radius 2 is 2.00 bits per heavy atom. The normalized spacial score (nSPS) is 29.1. The van der Waals surface area contributed by atoms with Gasteiger partial charge in [-0.1, -0.05) is 12.8 Å². The summed E-state index contributed by atoms with van der Waals surface area (Å²) in [6.07, 6.45) is 9.91. The van der Waals surface area contributed by atoms with Crippen molar-refractivity contribution in [2.45, 2.75) is 57.0 Å². The summed E-state index contributed by atoms with van der Waals surface area (Å²) in [7, 11) is 2.30. The van der Waals surface area contributed by atoms with Crippen LogP contribution >= 0.6 is 0 Å². The molecule has 0 aromatic carbocycles. The number of nitrogens with one attached hydrogen (secondary N) is 1. The fourth-order valence-electron chi connectivity index (χ4n) is 2.54. The van der Waals surface area contributed by atoms with Crippen LogP contribution in [0.5, 0.6) is 0 Å².